The van der Waals surface area contributed by atoms with E-state index in [0.29, 0.717) is 18.3 Å². The first-order valence-electron chi connectivity index (χ1n) is 4.98. The van der Waals surface area contributed by atoms with Crippen LogP contribution in [0.4, 0.5) is 0 Å². The molecule has 1 rings (SSSR count). The van der Waals surface area contributed by atoms with Crippen LogP contribution in [-0.4, -0.2) is 26.2 Å². The van der Waals surface area contributed by atoms with Gasteiger partial charge in [-0.3, -0.25) is 0 Å². The van der Waals surface area contributed by atoms with Crippen LogP contribution in [0.25, 0.3) is 0 Å². The van der Waals surface area contributed by atoms with Crippen molar-refractivity contribution in [3.8, 4) is 0 Å². The number of hydrogen-bond acceptors (Lipinski definition) is 2. The van der Waals surface area contributed by atoms with Gasteiger partial charge in [-0.2, -0.15) is 0 Å². The number of aldehydes is 1. The van der Waals surface area contributed by atoms with E-state index in [1.807, 2.05) is 0 Å². The summed E-state index contributed by atoms with van der Waals surface area (Å²) in [5, 5.41) is 0. The molecule has 0 aromatic rings. The highest BCUT2D eigenvalue weighted by atomic mass is 16.5. The van der Waals surface area contributed by atoms with E-state index < -0.39 is 0 Å². The maximum Gasteiger partial charge on any atom is 0.120 e. The summed E-state index contributed by atoms with van der Waals surface area (Å²) in [5.41, 5.74) is 0. The Balaban J connectivity index is 2.45. The van der Waals surface area contributed by atoms with E-state index in [9.17, 15) is 4.79 Å². The van der Waals surface area contributed by atoms with Crippen LogP contribution < -0.4 is 0 Å². The Morgan fingerprint density at radius 2 is 2.31 bits per heavy atom. The molecule has 3 atom stereocenters. The van der Waals surface area contributed by atoms with Gasteiger partial charge in [0.25, 0.3) is 0 Å². The van der Waals surface area contributed by atoms with Crippen molar-refractivity contribution in [1.29, 1.82) is 0 Å². The summed E-state index contributed by atoms with van der Waals surface area (Å²) < 4.78 is 5.56. The summed E-state index contributed by atoms with van der Waals surface area (Å²) in [6, 6.07) is -0.159. The lowest BCUT2D eigenvalue weighted by Gasteiger charge is -2.18. The maximum absolute atomic E-state index is 10.4. The predicted molar refractivity (Wildman–Crippen MR) is 52.7 cm³/mol. The number of carbonyl (C=O) groups excluding carboxylic acids is 1. The van der Waals surface area contributed by atoms with E-state index in [0.717, 1.165) is 19.1 Å². The lowest BCUT2D eigenvalue weighted by molar-refractivity contribution is -0.109. The predicted octanol–water partition coefficient (Wildman–Crippen LogP) is 1.52. The van der Waals surface area contributed by atoms with Gasteiger partial charge in [0.2, 0.25) is 0 Å². The Kier molecular flexibility index (Phi) is 3.98. The highest BCUT2D eigenvalue weighted by molar-refractivity contribution is 6.11. The molecule has 0 aromatic carbocycles. The van der Waals surface area contributed by atoms with Gasteiger partial charge in [-0.1, -0.05) is 13.8 Å². The molecule has 3 heteroatoms. The van der Waals surface area contributed by atoms with Crippen LogP contribution in [0, 0.1) is 11.8 Å². The minimum atomic E-state index is -0.159. The smallest absolute Gasteiger partial charge is 0.120 e. The Morgan fingerprint density at radius 1 is 1.62 bits per heavy atom. The standard InChI is InChI=1S/C10H17BO2/c1-7(2)5-9-8(3-4-12)6-10(11)13-9/h4,7-10H,3,5-6H2,1-2H3. The molecule has 1 saturated heterocycles. The monoisotopic (exact) mass is 180 g/mol. The van der Waals surface area contributed by atoms with E-state index in [1.165, 1.54) is 0 Å². The van der Waals surface area contributed by atoms with Crippen molar-refractivity contribution in [1.82, 2.24) is 0 Å². The zero-order valence-corrected chi connectivity index (χ0v) is 8.40. The van der Waals surface area contributed by atoms with Crippen molar-refractivity contribution in [3.63, 3.8) is 0 Å². The molecule has 1 heterocycles. The van der Waals surface area contributed by atoms with E-state index in [2.05, 4.69) is 13.8 Å². The molecule has 1 aliphatic rings. The fourth-order valence-corrected chi connectivity index (χ4v) is 1.93. The van der Waals surface area contributed by atoms with Gasteiger partial charge in [0.15, 0.2) is 0 Å². The van der Waals surface area contributed by atoms with Crippen molar-refractivity contribution in [2.24, 2.45) is 11.8 Å². The number of hydrogen-bond donors (Lipinski definition) is 0. The molecule has 1 aliphatic heterocycles. The van der Waals surface area contributed by atoms with Crippen LogP contribution in [0.15, 0.2) is 0 Å². The second-order valence-electron chi connectivity index (χ2n) is 4.24. The van der Waals surface area contributed by atoms with E-state index in [1.54, 1.807) is 0 Å². The van der Waals surface area contributed by atoms with Crippen molar-refractivity contribution in [2.45, 2.75) is 45.2 Å². The van der Waals surface area contributed by atoms with Gasteiger partial charge >= 0.3 is 0 Å². The molecule has 3 unspecified atom stereocenters. The molecule has 0 aromatic heterocycles. The third-order valence-corrected chi connectivity index (χ3v) is 2.51. The average molecular weight is 180 g/mol. The van der Waals surface area contributed by atoms with Crippen LogP contribution in [-0.2, 0) is 9.53 Å². The largest absolute Gasteiger partial charge is 0.384 e. The van der Waals surface area contributed by atoms with Crippen LogP contribution in [0.5, 0.6) is 0 Å². The molecule has 0 spiro atoms. The molecule has 2 nitrogen and oxygen atoms in total. The topological polar surface area (TPSA) is 26.3 Å². The first-order valence-corrected chi connectivity index (χ1v) is 4.98. The quantitative estimate of drug-likeness (QED) is 0.484. The lowest BCUT2D eigenvalue weighted by Crippen LogP contribution is -2.19. The number of carbonyl (C=O) groups is 1. The highest BCUT2D eigenvalue weighted by Gasteiger charge is 2.32. The van der Waals surface area contributed by atoms with E-state index in [-0.39, 0.29) is 12.1 Å². The van der Waals surface area contributed by atoms with Crippen LogP contribution in [0.3, 0.4) is 0 Å². The summed E-state index contributed by atoms with van der Waals surface area (Å²) in [4.78, 5) is 10.4. The molecule has 72 valence electrons. The Labute approximate surface area is 81.4 Å². The summed E-state index contributed by atoms with van der Waals surface area (Å²) >= 11 is 0. The average Bonchev–Trinajstić information content (AvgIpc) is 2.31. The number of ether oxygens (including phenoxy) is 1. The molecule has 13 heavy (non-hydrogen) atoms. The van der Waals surface area contributed by atoms with E-state index >= 15 is 0 Å². The van der Waals surface area contributed by atoms with Gasteiger partial charge in [0.05, 0.1) is 6.10 Å². The normalized spacial score (nSPS) is 33.9. The molecular weight excluding hydrogens is 163 g/mol. The second-order valence-corrected chi connectivity index (χ2v) is 4.24. The van der Waals surface area contributed by atoms with Crippen molar-refractivity contribution >= 4 is 14.1 Å². The Hall–Kier alpha value is -0.305. The maximum atomic E-state index is 10.4. The molecular formula is C10H17BO2. The van der Waals surface area contributed by atoms with Crippen LogP contribution >= 0.6 is 0 Å². The second kappa shape index (κ2) is 4.80. The third-order valence-electron chi connectivity index (χ3n) is 2.51. The SMILES string of the molecule is [B]C1CC(CC=O)C(CC(C)C)O1. The minimum Gasteiger partial charge on any atom is -0.384 e. The van der Waals surface area contributed by atoms with Gasteiger partial charge in [-0.25, -0.2) is 0 Å². The Bertz CT molecular complexity index is 170. The van der Waals surface area contributed by atoms with Gasteiger partial charge in [0.1, 0.15) is 14.1 Å². The molecule has 0 saturated carbocycles. The third kappa shape index (κ3) is 3.15. The molecule has 0 aliphatic carbocycles. The Morgan fingerprint density at radius 3 is 2.85 bits per heavy atom. The zero-order valence-electron chi connectivity index (χ0n) is 8.40. The summed E-state index contributed by atoms with van der Waals surface area (Å²) in [5.74, 6) is 0.944. The summed E-state index contributed by atoms with van der Waals surface area (Å²) in [6.45, 7) is 4.32. The van der Waals surface area contributed by atoms with Gasteiger partial charge in [-0.05, 0) is 24.7 Å². The highest BCUT2D eigenvalue weighted by Crippen LogP contribution is 2.31. The molecule has 0 bridgehead atoms. The fraction of sp³-hybridized carbons (Fsp3) is 0.900. The molecule has 0 N–H and O–H groups in total. The first kappa shape index (κ1) is 10.8. The van der Waals surface area contributed by atoms with Gasteiger partial charge in [-0.15, -0.1) is 0 Å². The van der Waals surface area contributed by atoms with E-state index in [4.69, 9.17) is 12.6 Å². The van der Waals surface area contributed by atoms with Crippen molar-refractivity contribution in [3.05, 3.63) is 0 Å². The zero-order chi connectivity index (χ0) is 9.84. The van der Waals surface area contributed by atoms with Gasteiger partial charge < -0.3 is 9.53 Å². The fourth-order valence-electron chi connectivity index (χ4n) is 1.93. The van der Waals surface area contributed by atoms with Crippen molar-refractivity contribution in [2.75, 3.05) is 0 Å². The first-order chi connectivity index (χ1) is 6.13. The lowest BCUT2D eigenvalue weighted by atomic mass is 9.87. The van der Waals surface area contributed by atoms with Crippen LogP contribution in [0.1, 0.15) is 33.1 Å². The minimum absolute atomic E-state index is 0.159. The summed E-state index contributed by atoms with van der Waals surface area (Å²) in [6.07, 6.45) is 3.59. The number of rotatable bonds is 4. The molecule has 2 radical (unpaired) electrons. The molecule has 1 fully saturated rings. The van der Waals surface area contributed by atoms with Crippen molar-refractivity contribution < 1.29 is 9.53 Å². The van der Waals surface area contributed by atoms with Gasteiger partial charge in [0, 0.05) is 12.4 Å². The summed E-state index contributed by atoms with van der Waals surface area (Å²) in [7, 11) is 5.68. The molecule has 0 amide bonds. The van der Waals surface area contributed by atoms with Crippen LogP contribution in [0.2, 0.25) is 0 Å².